The number of nitrogens with zero attached hydrogens (tertiary/aromatic N) is 1. The van der Waals surface area contributed by atoms with Crippen molar-refractivity contribution in [3.8, 4) is 0 Å². The van der Waals surface area contributed by atoms with Crippen molar-refractivity contribution in [2.75, 3.05) is 18.4 Å². The highest BCUT2D eigenvalue weighted by molar-refractivity contribution is 9.10. The van der Waals surface area contributed by atoms with E-state index in [4.69, 9.17) is 5.11 Å². The minimum Gasteiger partial charge on any atom is -0.478 e. The lowest BCUT2D eigenvalue weighted by molar-refractivity contribution is 0.0698. The molecule has 5 nitrogen and oxygen atoms in total. The summed E-state index contributed by atoms with van der Waals surface area (Å²) >= 11 is 3.28. The van der Waals surface area contributed by atoms with E-state index in [2.05, 4.69) is 21.2 Å². The summed E-state index contributed by atoms with van der Waals surface area (Å²) in [6.07, 6.45) is 2.33. The Morgan fingerprint density at radius 3 is 2.70 bits per heavy atom. The maximum absolute atomic E-state index is 12.2. The highest BCUT2D eigenvalue weighted by atomic mass is 79.9. The molecular weight excluding hydrogens is 324 g/mol. The van der Waals surface area contributed by atoms with Gasteiger partial charge < -0.3 is 15.3 Å². The Morgan fingerprint density at radius 2 is 2.15 bits per heavy atom. The number of nitrogens with one attached hydrogen (secondary N) is 1. The molecule has 1 aliphatic rings. The highest BCUT2D eigenvalue weighted by Gasteiger charge is 2.26. The summed E-state index contributed by atoms with van der Waals surface area (Å²) < 4.78 is 0.563. The number of carboxylic acid groups (broad SMARTS) is 1. The third-order valence-corrected chi connectivity index (χ3v) is 3.98. The fourth-order valence-electron chi connectivity index (χ4n) is 1.98. The number of halogens is 1. The molecule has 0 aromatic heterocycles. The zero-order valence-corrected chi connectivity index (χ0v) is 12.8. The van der Waals surface area contributed by atoms with E-state index in [0.29, 0.717) is 22.6 Å². The number of rotatable bonds is 5. The van der Waals surface area contributed by atoms with Crippen LogP contribution < -0.4 is 5.32 Å². The third-order valence-electron chi connectivity index (χ3n) is 3.32. The van der Waals surface area contributed by atoms with Crippen LogP contribution in [0.4, 0.5) is 10.5 Å². The lowest BCUT2D eigenvalue weighted by Crippen LogP contribution is -2.36. The number of carbonyl (C=O) groups is 2. The average molecular weight is 341 g/mol. The first-order valence-corrected chi connectivity index (χ1v) is 7.40. The molecule has 2 N–H and O–H groups in total. The Bertz CT molecular complexity index is 529. The first-order chi connectivity index (χ1) is 9.52. The van der Waals surface area contributed by atoms with Gasteiger partial charge in [0.05, 0.1) is 11.3 Å². The Morgan fingerprint density at radius 1 is 1.45 bits per heavy atom. The molecule has 0 unspecified atom stereocenters. The number of urea groups is 1. The molecule has 0 spiro atoms. The number of para-hydroxylation sites is 1. The van der Waals surface area contributed by atoms with Crippen LogP contribution in [0.25, 0.3) is 0 Å². The molecule has 0 aliphatic heterocycles. The lowest BCUT2D eigenvalue weighted by Gasteiger charge is -2.22. The summed E-state index contributed by atoms with van der Waals surface area (Å²) in [5.74, 6) is -0.467. The number of hydrogen-bond donors (Lipinski definition) is 2. The lowest BCUT2D eigenvalue weighted by atomic mass is 10.2. The molecule has 1 aromatic rings. The monoisotopic (exact) mass is 340 g/mol. The summed E-state index contributed by atoms with van der Waals surface area (Å²) in [4.78, 5) is 25.1. The van der Waals surface area contributed by atoms with Crippen LogP contribution >= 0.6 is 15.9 Å². The molecule has 20 heavy (non-hydrogen) atoms. The van der Waals surface area contributed by atoms with Gasteiger partial charge in [0, 0.05) is 17.6 Å². The van der Waals surface area contributed by atoms with E-state index < -0.39 is 5.97 Å². The summed E-state index contributed by atoms with van der Waals surface area (Å²) in [5.41, 5.74) is 0.384. The number of amides is 2. The molecule has 6 heteroatoms. The Balaban J connectivity index is 2.15. The van der Waals surface area contributed by atoms with Gasteiger partial charge in [-0.1, -0.05) is 6.07 Å². The van der Waals surface area contributed by atoms with Crippen molar-refractivity contribution in [1.29, 1.82) is 0 Å². The molecule has 0 saturated heterocycles. The third kappa shape index (κ3) is 3.50. The first kappa shape index (κ1) is 14.8. The van der Waals surface area contributed by atoms with Gasteiger partial charge in [0.25, 0.3) is 0 Å². The zero-order valence-electron chi connectivity index (χ0n) is 11.2. The SMILES string of the molecule is CCN(CC1CC1)C(=O)Nc1c(Br)cccc1C(=O)O. The number of benzene rings is 1. The van der Waals surface area contributed by atoms with Crippen LogP contribution in [0.2, 0.25) is 0 Å². The van der Waals surface area contributed by atoms with Gasteiger partial charge in [0.1, 0.15) is 0 Å². The highest BCUT2D eigenvalue weighted by Crippen LogP contribution is 2.30. The molecule has 0 atom stereocenters. The van der Waals surface area contributed by atoms with E-state index in [0.717, 1.165) is 6.54 Å². The van der Waals surface area contributed by atoms with Crippen molar-refractivity contribution in [3.63, 3.8) is 0 Å². The Hall–Kier alpha value is -1.56. The fourth-order valence-corrected chi connectivity index (χ4v) is 2.45. The summed E-state index contributed by atoms with van der Waals surface area (Å²) in [7, 11) is 0. The summed E-state index contributed by atoms with van der Waals surface area (Å²) in [6.45, 7) is 3.25. The minimum absolute atomic E-state index is 0.0789. The molecule has 108 valence electrons. The van der Waals surface area contributed by atoms with Crippen LogP contribution in [0.3, 0.4) is 0 Å². The zero-order chi connectivity index (χ0) is 14.7. The number of carboxylic acids is 1. The molecule has 1 fully saturated rings. The van der Waals surface area contributed by atoms with E-state index in [1.54, 1.807) is 17.0 Å². The fraction of sp³-hybridized carbons (Fsp3) is 0.429. The molecule has 0 radical (unpaired) electrons. The maximum atomic E-state index is 12.2. The van der Waals surface area contributed by atoms with E-state index in [1.165, 1.54) is 18.9 Å². The molecule has 1 aromatic carbocycles. The molecule has 1 saturated carbocycles. The summed E-state index contributed by atoms with van der Waals surface area (Å²) in [5, 5.41) is 11.9. The number of carbonyl (C=O) groups excluding carboxylic acids is 1. The van der Waals surface area contributed by atoms with Gasteiger partial charge in [-0.05, 0) is 53.7 Å². The molecule has 2 amide bonds. The largest absolute Gasteiger partial charge is 0.478 e. The number of hydrogen-bond acceptors (Lipinski definition) is 2. The van der Waals surface area contributed by atoms with Crippen LogP contribution in [0.1, 0.15) is 30.1 Å². The van der Waals surface area contributed by atoms with Crippen LogP contribution in [0, 0.1) is 5.92 Å². The van der Waals surface area contributed by atoms with Crippen LogP contribution in [0.5, 0.6) is 0 Å². The maximum Gasteiger partial charge on any atom is 0.337 e. The quantitative estimate of drug-likeness (QED) is 0.862. The van der Waals surface area contributed by atoms with E-state index in [1.807, 2.05) is 6.92 Å². The van der Waals surface area contributed by atoms with E-state index in [-0.39, 0.29) is 11.6 Å². The van der Waals surface area contributed by atoms with Gasteiger partial charge in [-0.15, -0.1) is 0 Å². The smallest absolute Gasteiger partial charge is 0.337 e. The predicted octanol–water partition coefficient (Wildman–Crippen LogP) is 3.41. The van der Waals surface area contributed by atoms with Gasteiger partial charge >= 0.3 is 12.0 Å². The Labute approximate surface area is 126 Å². The van der Waals surface area contributed by atoms with Crippen LogP contribution in [0.15, 0.2) is 22.7 Å². The number of aromatic carboxylic acids is 1. The minimum atomic E-state index is -1.06. The van der Waals surface area contributed by atoms with Crippen molar-refractivity contribution in [2.24, 2.45) is 5.92 Å². The molecule has 0 bridgehead atoms. The average Bonchev–Trinajstić information content (AvgIpc) is 3.21. The second-order valence-electron chi connectivity index (χ2n) is 4.88. The second kappa shape index (κ2) is 6.26. The Kier molecular flexibility index (Phi) is 4.65. The van der Waals surface area contributed by atoms with Gasteiger partial charge in [0.2, 0.25) is 0 Å². The van der Waals surface area contributed by atoms with Crippen LogP contribution in [-0.4, -0.2) is 35.1 Å². The predicted molar refractivity (Wildman–Crippen MR) is 80.1 cm³/mol. The second-order valence-corrected chi connectivity index (χ2v) is 5.73. The van der Waals surface area contributed by atoms with Gasteiger partial charge in [-0.2, -0.15) is 0 Å². The summed E-state index contributed by atoms with van der Waals surface area (Å²) in [6, 6.07) is 4.55. The first-order valence-electron chi connectivity index (χ1n) is 6.60. The normalized spacial score (nSPS) is 13.9. The van der Waals surface area contributed by atoms with Crippen molar-refractivity contribution in [2.45, 2.75) is 19.8 Å². The van der Waals surface area contributed by atoms with E-state index >= 15 is 0 Å². The molecule has 2 rings (SSSR count). The number of anilines is 1. The van der Waals surface area contributed by atoms with Gasteiger partial charge in [-0.3, -0.25) is 0 Å². The van der Waals surface area contributed by atoms with Gasteiger partial charge in [0.15, 0.2) is 0 Å². The molecular formula is C14H17BrN2O3. The van der Waals surface area contributed by atoms with Gasteiger partial charge in [-0.25, -0.2) is 9.59 Å². The van der Waals surface area contributed by atoms with Crippen LogP contribution in [-0.2, 0) is 0 Å². The van der Waals surface area contributed by atoms with Crippen molar-refractivity contribution < 1.29 is 14.7 Å². The topological polar surface area (TPSA) is 69.6 Å². The van der Waals surface area contributed by atoms with Crippen molar-refractivity contribution >= 4 is 33.6 Å². The van der Waals surface area contributed by atoms with Crippen molar-refractivity contribution in [3.05, 3.63) is 28.2 Å². The molecule has 0 heterocycles. The van der Waals surface area contributed by atoms with E-state index in [9.17, 15) is 9.59 Å². The standard InChI is InChI=1S/C14H17BrN2O3/c1-2-17(8-9-6-7-9)14(20)16-12-10(13(18)19)4-3-5-11(12)15/h3-5,9H,2,6-8H2,1H3,(H,16,20)(H,18,19). The van der Waals surface area contributed by atoms with Crippen molar-refractivity contribution in [1.82, 2.24) is 4.90 Å². The molecule has 1 aliphatic carbocycles.